The topological polar surface area (TPSA) is 12.0 Å². The summed E-state index contributed by atoms with van der Waals surface area (Å²) in [7, 11) is 0. The number of nitrogens with one attached hydrogen (secondary N) is 1. The summed E-state index contributed by atoms with van der Waals surface area (Å²) < 4.78 is 13.0. The first kappa shape index (κ1) is 13.5. The standard InChI is InChI=1S/C13H9Cl3FN/c14-9-1-3-11(15)8(5-9)7-18-10-2-4-13(17)12(16)6-10/h1-6,18H,7H2. The van der Waals surface area contributed by atoms with Gasteiger partial charge in [-0.1, -0.05) is 34.8 Å². The van der Waals surface area contributed by atoms with E-state index < -0.39 is 5.82 Å². The van der Waals surface area contributed by atoms with Crippen molar-refractivity contribution in [3.8, 4) is 0 Å². The van der Waals surface area contributed by atoms with Crippen LogP contribution in [0, 0.1) is 5.82 Å². The average Bonchev–Trinajstić information content (AvgIpc) is 2.34. The van der Waals surface area contributed by atoms with Crippen LogP contribution in [0.2, 0.25) is 15.1 Å². The van der Waals surface area contributed by atoms with Gasteiger partial charge in [0.05, 0.1) is 5.02 Å². The molecule has 0 aliphatic rings. The zero-order chi connectivity index (χ0) is 13.1. The van der Waals surface area contributed by atoms with E-state index in [1.807, 2.05) is 0 Å². The third kappa shape index (κ3) is 3.29. The Morgan fingerprint density at radius 3 is 2.44 bits per heavy atom. The highest BCUT2D eigenvalue weighted by Gasteiger charge is 2.03. The summed E-state index contributed by atoms with van der Waals surface area (Å²) in [4.78, 5) is 0. The van der Waals surface area contributed by atoms with Gasteiger partial charge in [0.2, 0.25) is 0 Å². The Morgan fingerprint density at radius 1 is 0.944 bits per heavy atom. The van der Waals surface area contributed by atoms with E-state index in [1.54, 1.807) is 24.3 Å². The van der Waals surface area contributed by atoms with E-state index in [9.17, 15) is 4.39 Å². The summed E-state index contributed by atoms with van der Waals surface area (Å²) in [5.41, 5.74) is 1.59. The summed E-state index contributed by atoms with van der Waals surface area (Å²) in [6.07, 6.45) is 0. The van der Waals surface area contributed by atoms with Crippen LogP contribution in [0.15, 0.2) is 36.4 Å². The molecular formula is C13H9Cl3FN. The molecule has 0 fully saturated rings. The first-order valence-electron chi connectivity index (χ1n) is 5.19. The number of anilines is 1. The quantitative estimate of drug-likeness (QED) is 0.800. The largest absolute Gasteiger partial charge is 0.381 e. The van der Waals surface area contributed by atoms with Crippen LogP contribution in [-0.2, 0) is 6.54 Å². The molecule has 0 spiro atoms. The molecule has 18 heavy (non-hydrogen) atoms. The normalized spacial score (nSPS) is 10.4. The molecule has 5 heteroatoms. The van der Waals surface area contributed by atoms with Gasteiger partial charge in [-0.05, 0) is 42.0 Å². The zero-order valence-electron chi connectivity index (χ0n) is 9.18. The molecular weight excluding hydrogens is 296 g/mol. The van der Waals surface area contributed by atoms with Crippen LogP contribution in [-0.4, -0.2) is 0 Å². The van der Waals surface area contributed by atoms with Crippen LogP contribution in [0.3, 0.4) is 0 Å². The molecule has 2 aromatic rings. The van der Waals surface area contributed by atoms with E-state index in [1.165, 1.54) is 12.1 Å². The van der Waals surface area contributed by atoms with E-state index in [4.69, 9.17) is 34.8 Å². The Kier molecular flexibility index (Phi) is 4.33. The van der Waals surface area contributed by atoms with Gasteiger partial charge in [0.25, 0.3) is 0 Å². The molecule has 0 heterocycles. The minimum absolute atomic E-state index is 0.0807. The lowest BCUT2D eigenvalue weighted by molar-refractivity contribution is 0.628. The van der Waals surface area contributed by atoms with Crippen LogP contribution in [0.5, 0.6) is 0 Å². The second-order valence-corrected chi connectivity index (χ2v) is 4.97. The van der Waals surface area contributed by atoms with Crippen LogP contribution in [0.1, 0.15) is 5.56 Å². The minimum Gasteiger partial charge on any atom is -0.381 e. The van der Waals surface area contributed by atoms with Crippen LogP contribution in [0.4, 0.5) is 10.1 Å². The highest BCUT2D eigenvalue weighted by atomic mass is 35.5. The van der Waals surface area contributed by atoms with Gasteiger partial charge in [-0.25, -0.2) is 4.39 Å². The van der Waals surface area contributed by atoms with Gasteiger partial charge >= 0.3 is 0 Å². The molecule has 0 aromatic heterocycles. The summed E-state index contributed by atoms with van der Waals surface area (Å²) in [6, 6.07) is 9.68. The summed E-state index contributed by atoms with van der Waals surface area (Å²) >= 11 is 17.6. The zero-order valence-corrected chi connectivity index (χ0v) is 11.5. The number of rotatable bonds is 3. The fourth-order valence-electron chi connectivity index (χ4n) is 1.48. The van der Waals surface area contributed by atoms with Gasteiger partial charge in [0.1, 0.15) is 5.82 Å². The van der Waals surface area contributed by atoms with Crippen molar-refractivity contribution in [3.63, 3.8) is 0 Å². The van der Waals surface area contributed by atoms with Crippen molar-refractivity contribution in [2.75, 3.05) is 5.32 Å². The van der Waals surface area contributed by atoms with Crippen molar-refractivity contribution in [1.82, 2.24) is 0 Å². The van der Waals surface area contributed by atoms with Crippen molar-refractivity contribution in [3.05, 3.63) is 62.8 Å². The van der Waals surface area contributed by atoms with Gasteiger partial charge in [-0.15, -0.1) is 0 Å². The van der Waals surface area contributed by atoms with Crippen molar-refractivity contribution in [1.29, 1.82) is 0 Å². The number of benzene rings is 2. The smallest absolute Gasteiger partial charge is 0.141 e. The van der Waals surface area contributed by atoms with Gasteiger partial charge < -0.3 is 5.32 Å². The SMILES string of the molecule is Fc1ccc(NCc2cc(Cl)ccc2Cl)cc1Cl. The minimum atomic E-state index is -0.442. The van der Waals surface area contributed by atoms with E-state index in [2.05, 4.69) is 5.32 Å². The summed E-state index contributed by atoms with van der Waals surface area (Å²) in [5.74, 6) is -0.442. The molecule has 2 aromatic carbocycles. The van der Waals surface area contributed by atoms with E-state index in [0.717, 1.165) is 11.3 Å². The van der Waals surface area contributed by atoms with Crippen molar-refractivity contribution in [2.45, 2.75) is 6.54 Å². The molecule has 0 saturated heterocycles. The molecule has 2 rings (SSSR count). The number of hydrogen-bond donors (Lipinski definition) is 1. The highest BCUT2D eigenvalue weighted by molar-refractivity contribution is 6.33. The number of hydrogen-bond acceptors (Lipinski definition) is 1. The highest BCUT2D eigenvalue weighted by Crippen LogP contribution is 2.23. The molecule has 0 aliphatic heterocycles. The van der Waals surface area contributed by atoms with Gasteiger partial charge in [0.15, 0.2) is 0 Å². The maximum Gasteiger partial charge on any atom is 0.141 e. The molecule has 0 atom stereocenters. The third-order valence-corrected chi connectivity index (χ3v) is 3.30. The van der Waals surface area contributed by atoms with Crippen LogP contribution < -0.4 is 5.32 Å². The molecule has 0 saturated carbocycles. The first-order valence-corrected chi connectivity index (χ1v) is 6.32. The van der Waals surface area contributed by atoms with Gasteiger partial charge in [-0.2, -0.15) is 0 Å². The molecule has 1 N–H and O–H groups in total. The van der Waals surface area contributed by atoms with Crippen molar-refractivity contribution < 1.29 is 4.39 Å². The molecule has 94 valence electrons. The molecule has 0 radical (unpaired) electrons. The predicted octanol–water partition coefficient (Wildman–Crippen LogP) is 5.40. The Morgan fingerprint density at radius 2 is 1.72 bits per heavy atom. The maximum atomic E-state index is 13.0. The third-order valence-electron chi connectivity index (χ3n) is 2.41. The second kappa shape index (κ2) is 5.79. The summed E-state index contributed by atoms with van der Waals surface area (Å²) in [5, 5.41) is 4.43. The average molecular weight is 305 g/mol. The Hall–Kier alpha value is -0.960. The Labute approximate surface area is 119 Å². The molecule has 0 aliphatic carbocycles. The van der Waals surface area contributed by atoms with E-state index in [0.29, 0.717) is 16.6 Å². The lowest BCUT2D eigenvalue weighted by Crippen LogP contribution is -2.00. The fraction of sp³-hybridized carbons (Fsp3) is 0.0769. The maximum absolute atomic E-state index is 13.0. The van der Waals surface area contributed by atoms with Crippen molar-refractivity contribution in [2.24, 2.45) is 0 Å². The van der Waals surface area contributed by atoms with Crippen LogP contribution >= 0.6 is 34.8 Å². The predicted molar refractivity (Wildman–Crippen MR) is 75.2 cm³/mol. The van der Waals surface area contributed by atoms with Crippen molar-refractivity contribution >= 4 is 40.5 Å². The summed E-state index contributed by atoms with van der Waals surface area (Å²) in [6.45, 7) is 0.487. The van der Waals surface area contributed by atoms with E-state index >= 15 is 0 Å². The molecule has 1 nitrogen and oxygen atoms in total. The Bertz CT molecular complexity index is 572. The van der Waals surface area contributed by atoms with Gasteiger partial charge in [0, 0.05) is 22.3 Å². The lowest BCUT2D eigenvalue weighted by atomic mass is 10.2. The molecule has 0 bridgehead atoms. The van der Waals surface area contributed by atoms with Crippen LogP contribution in [0.25, 0.3) is 0 Å². The Balaban J connectivity index is 2.11. The first-order chi connectivity index (χ1) is 8.56. The molecule has 0 amide bonds. The number of halogens is 4. The fourth-order valence-corrected chi connectivity index (χ4v) is 2.04. The second-order valence-electron chi connectivity index (χ2n) is 3.72. The molecule has 0 unspecified atom stereocenters. The lowest BCUT2D eigenvalue weighted by Gasteiger charge is -2.09. The monoisotopic (exact) mass is 303 g/mol. The van der Waals surface area contributed by atoms with E-state index in [-0.39, 0.29) is 5.02 Å². The van der Waals surface area contributed by atoms with Gasteiger partial charge in [-0.3, -0.25) is 0 Å².